The molecule has 0 aliphatic rings. The second kappa shape index (κ2) is 6.39. The lowest BCUT2D eigenvalue weighted by Gasteiger charge is -2.07. The first-order valence-electron chi connectivity index (χ1n) is 7.12. The first kappa shape index (κ1) is 14.9. The molecule has 5 nitrogen and oxygen atoms in total. The normalized spacial score (nSPS) is 10.5. The maximum absolute atomic E-state index is 13.2. The van der Waals surface area contributed by atoms with Crippen LogP contribution in [0.1, 0.15) is 21.5 Å². The average Bonchev–Trinajstić information content (AvgIpc) is 3.10. The van der Waals surface area contributed by atoms with Crippen LogP contribution in [0.2, 0.25) is 0 Å². The van der Waals surface area contributed by atoms with Crippen LogP contribution in [0.5, 0.6) is 0 Å². The molecule has 3 aromatic rings. The lowest BCUT2D eigenvalue weighted by atomic mass is 10.1. The van der Waals surface area contributed by atoms with Gasteiger partial charge in [-0.3, -0.25) is 4.79 Å². The lowest BCUT2D eigenvalue weighted by molar-refractivity contribution is 0.0951. The van der Waals surface area contributed by atoms with E-state index in [-0.39, 0.29) is 11.7 Å². The number of aromatic nitrogens is 3. The van der Waals surface area contributed by atoms with Gasteiger partial charge in [0.15, 0.2) is 0 Å². The number of rotatable bonds is 4. The van der Waals surface area contributed by atoms with Crippen molar-refractivity contribution in [3.8, 4) is 5.69 Å². The highest BCUT2D eigenvalue weighted by Crippen LogP contribution is 2.10. The summed E-state index contributed by atoms with van der Waals surface area (Å²) in [4.78, 5) is 16.0. The zero-order valence-electron chi connectivity index (χ0n) is 12.5. The van der Waals surface area contributed by atoms with E-state index >= 15 is 0 Å². The Morgan fingerprint density at radius 1 is 1.22 bits per heavy atom. The number of carbonyl (C=O) groups excluding carboxylic acids is 1. The molecule has 0 radical (unpaired) electrons. The zero-order chi connectivity index (χ0) is 16.2. The molecule has 0 unspecified atom stereocenters. The minimum absolute atomic E-state index is 0.183. The van der Waals surface area contributed by atoms with Crippen molar-refractivity contribution in [2.24, 2.45) is 0 Å². The number of benzene rings is 2. The van der Waals surface area contributed by atoms with Gasteiger partial charge >= 0.3 is 0 Å². The Hall–Kier alpha value is -3.02. The molecule has 23 heavy (non-hydrogen) atoms. The topological polar surface area (TPSA) is 59.8 Å². The minimum Gasteiger partial charge on any atom is -0.348 e. The molecule has 1 N–H and O–H groups in total. The highest BCUT2D eigenvalue weighted by atomic mass is 19.1. The summed E-state index contributed by atoms with van der Waals surface area (Å²) in [5.74, 6) is -0.430. The van der Waals surface area contributed by atoms with Crippen LogP contribution in [0.4, 0.5) is 4.39 Å². The Bertz CT molecular complexity index is 813. The van der Waals surface area contributed by atoms with Crippen molar-refractivity contribution in [1.82, 2.24) is 20.1 Å². The number of aryl methyl sites for hydroxylation is 1. The average molecular weight is 310 g/mol. The van der Waals surface area contributed by atoms with E-state index in [1.165, 1.54) is 12.4 Å². The largest absolute Gasteiger partial charge is 0.348 e. The van der Waals surface area contributed by atoms with Crippen LogP contribution in [0.3, 0.4) is 0 Å². The molecule has 2 aromatic carbocycles. The molecule has 3 rings (SSSR count). The van der Waals surface area contributed by atoms with Crippen LogP contribution in [0.25, 0.3) is 5.69 Å². The molecule has 0 saturated carbocycles. The summed E-state index contributed by atoms with van der Waals surface area (Å²) in [7, 11) is 0. The Morgan fingerprint density at radius 2 is 2.00 bits per heavy atom. The van der Waals surface area contributed by atoms with E-state index < -0.39 is 0 Å². The first-order valence-corrected chi connectivity index (χ1v) is 7.12. The standard InChI is InChI=1S/C17H15FN4O/c1-12-8-13(2-7-16(12)18)9-20-17(23)14-3-5-15(6-4-14)22-11-19-10-21-22/h2-8,10-11H,9H2,1H3,(H,20,23). The number of carbonyl (C=O) groups is 1. The molecule has 0 spiro atoms. The third-order valence-electron chi connectivity index (χ3n) is 3.49. The molecule has 1 amide bonds. The maximum Gasteiger partial charge on any atom is 0.251 e. The van der Waals surface area contributed by atoms with Gasteiger partial charge in [-0.1, -0.05) is 12.1 Å². The van der Waals surface area contributed by atoms with E-state index in [0.717, 1.165) is 11.3 Å². The van der Waals surface area contributed by atoms with E-state index in [4.69, 9.17) is 0 Å². The fourth-order valence-corrected chi connectivity index (χ4v) is 2.21. The van der Waals surface area contributed by atoms with Gasteiger partial charge in [0.05, 0.1) is 5.69 Å². The highest BCUT2D eigenvalue weighted by Gasteiger charge is 2.07. The Morgan fingerprint density at radius 3 is 2.65 bits per heavy atom. The van der Waals surface area contributed by atoms with Crippen LogP contribution in [0.15, 0.2) is 55.1 Å². The van der Waals surface area contributed by atoms with Gasteiger partial charge in [-0.2, -0.15) is 5.10 Å². The van der Waals surface area contributed by atoms with Gasteiger partial charge in [-0.05, 0) is 48.4 Å². The van der Waals surface area contributed by atoms with Crippen LogP contribution in [-0.2, 0) is 6.54 Å². The summed E-state index contributed by atoms with van der Waals surface area (Å²) in [5.41, 5.74) is 2.80. The Kier molecular flexibility index (Phi) is 4.14. The van der Waals surface area contributed by atoms with Crippen molar-refractivity contribution < 1.29 is 9.18 Å². The zero-order valence-corrected chi connectivity index (χ0v) is 12.5. The smallest absolute Gasteiger partial charge is 0.251 e. The molecule has 0 bridgehead atoms. The monoisotopic (exact) mass is 310 g/mol. The highest BCUT2D eigenvalue weighted by molar-refractivity contribution is 5.94. The van der Waals surface area contributed by atoms with Gasteiger partial charge in [0, 0.05) is 12.1 Å². The predicted octanol–water partition coefficient (Wildman–Crippen LogP) is 2.64. The maximum atomic E-state index is 13.2. The van der Waals surface area contributed by atoms with Crippen molar-refractivity contribution in [3.05, 3.63) is 77.6 Å². The second-order valence-corrected chi connectivity index (χ2v) is 5.15. The van der Waals surface area contributed by atoms with Gasteiger partial charge in [-0.15, -0.1) is 0 Å². The molecule has 0 aliphatic heterocycles. The summed E-state index contributed by atoms with van der Waals surface area (Å²) in [5, 5.41) is 6.85. The molecule has 0 saturated heterocycles. The quantitative estimate of drug-likeness (QED) is 0.806. The summed E-state index contributed by atoms with van der Waals surface area (Å²) < 4.78 is 14.8. The van der Waals surface area contributed by atoms with Crippen molar-refractivity contribution in [2.45, 2.75) is 13.5 Å². The predicted molar refractivity (Wildman–Crippen MR) is 83.7 cm³/mol. The number of nitrogens with one attached hydrogen (secondary N) is 1. The van der Waals surface area contributed by atoms with Crippen LogP contribution < -0.4 is 5.32 Å². The fourth-order valence-electron chi connectivity index (χ4n) is 2.21. The van der Waals surface area contributed by atoms with Crippen molar-refractivity contribution >= 4 is 5.91 Å². The van der Waals surface area contributed by atoms with Crippen molar-refractivity contribution in [2.75, 3.05) is 0 Å². The number of nitrogens with zero attached hydrogens (tertiary/aromatic N) is 3. The van der Waals surface area contributed by atoms with Crippen molar-refractivity contribution in [3.63, 3.8) is 0 Å². The Balaban J connectivity index is 1.65. The number of halogens is 1. The molecule has 1 aromatic heterocycles. The van der Waals surface area contributed by atoms with Gasteiger partial charge in [0.1, 0.15) is 18.5 Å². The minimum atomic E-state index is -0.247. The van der Waals surface area contributed by atoms with Crippen LogP contribution in [0, 0.1) is 12.7 Å². The SMILES string of the molecule is Cc1cc(CNC(=O)c2ccc(-n3cncn3)cc2)ccc1F. The van der Waals surface area contributed by atoms with Gasteiger partial charge in [0.2, 0.25) is 0 Å². The third-order valence-corrected chi connectivity index (χ3v) is 3.49. The van der Waals surface area contributed by atoms with Crippen molar-refractivity contribution in [1.29, 1.82) is 0 Å². The van der Waals surface area contributed by atoms with Crippen LogP contribution in [-0.4, -0.2) is 20.7 Å². The molecule has 0 aliphatic carbocycles. The molecule has 1 heterocycles. The summed E-state index contributed by atoms with van der Waals surface area (Å²) in [6, 6.07) is 11.8. The lowest BCUT2D eigenvalue weighted by Crippen LogP contribution is -2.22. The summed E-state index contributed by atoms with van der Waals surface area (Å²) >= 11 is 0. The van der Waals surface area contributed by atoms with E-state index in [9.17, 15) is 9.18 Å². The van der Waals surface area contributed by atoms with E-state index in [0.29, 0.717) is 17.7 Å². The number of amides is 1. The molecule has 0 atom stereocenters. The summed E-state index contributed by atoms with van der Waals surface area (Å²) in [6.07, 6.45) is 3.04. The number of hydrogen-bond donors (Lipinski definition) is 1. The first-order chi connectivity index (χ1) is 11.1. The van der Waals surface area contributed by atoms with E-state index in [1.807, 2.05) is 0 Å². The Labute approximate surface area is 132 Å². The van der Waals surface area contributed by atoms with E-state index in [2.05, 4.69) is 15.4 Å². The third kappa shape index (κ3) is 3.42. The fraction of sp³-hybridized carbons (Fsp3) is 0.118. The van der Waals surface area contributed by atoms with Gasteiger partial charge in [0.25, 0.3) is 5.91 Å². The summed E-state index contributed by atoms with van der Waals surface area (Å²) in [6.45, 7) is 2.05. The van der Waals surface area contributed by atoms with Gasteiger partial charge in [-0.25, -0.2) is 14.1 Å². The van der Waals surface area contributed by atoms with Gasteiger partial charge < -0.3 is 5.32 Å². The van der Waals surface area contributed by atoms with E-state index in [1.54, 1.807) is 54.3 Å². The molecule has 0 fully saturated rings. The molecule has 116 valence electrons. The second-order valence-electron chi connectivity index (χ2n) is 5.15. The molecular weight excluding hydrogens is 295 g/mol. The van der Waals surface area contributed by atoms with Crippen LogP contribution >= 0.6 is 0 Å². The molecular formula is C17H15FN4O. The number of hydrogen-bond acceptors (Lipinski definition) is 3. The molecule has 6 heteroatoms.